The van der Waals surface area contributed by atoms with Crippen LogP contribution in [0.5, 0.6) is 0 Å². The number of hydrogen-bond donors (Lipinski definition) is 0. The lowest BCUT2D eigenvalue weighted by Gasteiger charge is -2.15. The van der Waals surface area contributed by atoms with Gasteiger partial charge in [0.15, 0.2) is 0 Å². The molecule has 0 bridgehead atoms. The van der Waals surface area contributed by atoms with Gasteiger partial charge in [0.2, 0.25) is 0 Å². The lowest BCUT2D eigenvalue weighted by molar-refractivity contribution is 0.413. The van der Waals surface area contributed by atoms with Crippen molar-refractivity contribution in [1.82, 2.24) is 0 Å². The van der Waals surface area contributed by atoms with Crippen LogP contribution >= 0.6 is 0 Å². The Morgan fingerprint density at radius 2 is 1.83 bits per heavy atom. The minimum Gasteiger partial charge on any atom is -0.120 e. The molecule has 0 amide bonds. The van der Waals surface area contributed by atoms with Gasteiger partial charge < -0.3 is 0 Å². The molecule has 0 aliphatic carbocycles. The second kappa shape index (κ2) is 6.81. The van der Waals surface area contributed by atoms with E-state index in [9.17, 15) is 0 Å². The Morgan fingerprint density at radius 3 is 2.17 bits per heavy atom. The second-order valence-corrected chi connectivity index (χ2v) is 3.19. The summed E-state index contributed by atoms with van der Waals surface area (Å²) in [6.07, 6.45) is 14.8. The van der Waals surface area contributed by atoms with Gasteiger partial charge in [0.25, 0.3) is 0 Å². The molecule has 0 N–H and O–H groups in total. The molecule has 0 aromatic carbocycles. The van der Waals surface area contributed by atoms with E-state index in [1.165, 1.54) is 0 Å². The van der Waals surface area contributed by atoms with Gasteiger partial charge in [-0.15, -0.1) is 24.7 Å². The van der Waals surface area contributed by atoms with Gasteiger partial charge in [-0.2, -0.15) is 0 Å². The maximum absolute atomic E-state index is 5.38. The molecule has 12 heavy (non-hydrogen) atoms. The van der Waals surface area contributed by atoms with Crippen molar-refractivity contribution in [3.8, 4) is 24.7 Å². The highest BCUT2D eigenvalue weighted by Crippen LogP contribution is 2.20. The average molecular weight is 162 g/mol. The van der Waals surface area contributed by atoms with Crippen molar-refractivity contribution in [2.75, 3.05) is 0 Å². The van der Waals surface area contributed by atoms with Gasteiger partial charge in [0, 0.05) is 12.3 Å². The highest BCUT2D eigenvalue weighted by Gasteiger charge is 2.10. The Kier molecular flexibility index (Phi) is 6.31. The van der Waals surface area contributed by atoms with E-state index >= 15 is 0 Å². The van der Waals surface area contributed by atoms with E-state index in [1.807, 2.05) is 0 Å². The molecule has 0 spiro atoms. The fraction of sp³-hybridized carbons (Fsp3) is 0.667. The summed E-state index contributed by atoms with van der Waals surface area (Å²) in [5, 5.41) is 0. The molecule has 0 rings (SSSR count). The molecule has 0 heterocycles. The van der Waals surface area contributed by atoms with Crippen LogP contribution in [0.1, 0.15) is 39.5 Å². The molecule has 0 fully saturated rings. The van der Waals surface area contributed by atoms with Crippen LogP contribution in [0.15, 0.2) is 0 Å². The van der Waals surface area contributed by atoms with Crippen LogP contribution in [0.2, 0.25) is 0 Å². The quantitative estimate of drug-likeness (QED) is 0.545. The summed E-state index contributed by atoms with van der Waals surface area (Å²) in [6, 6.07) is 0. The predicted octanol–water partition coefficient (Wildman–Crippen LogP) is 3.09. The minimum atomic E-state index is 0.420. The maximum Gasteiger partial charge on any atom is 0.0200 e. The summed E-state index contributed by atoms with van der Waals surface area (Å²) in [4.78, 5) is 0. The lowest BCUT2D eigenvalue weighted by Crippen LogP contribution is -2.05. The molecular formula is C12H18. The zero-order valence-electron chi connectivity index (χ0n) is 8.14. The fourth-order valence-electron chi connectivity index (χ4n) is 1.32. The fourth-order valence-corrected chi connectivity index (χ4v) is 1.32. The normalized spacial score (nSPS) is 14.3. The molecule has 0 heteroatoms. The maximum atomic E-state index is 5.38. The van der Waals surface area contributed by atoms with Crippen LogP contribution in [0, 0.1) is 36.5 Å². The summed E-state index contributed by atoms with van der Waals surface area (Å²) in [6.45, 7) is 4.30. The first-order valence-corrected chi connectivity index (χ1v) is 4.68. The van der Waals surface area contributed by atoms with Crippen LogP contribution in [-0.2, 0) is 0 Å². The molecule has 0 saturated heterocycles. The van der Waals surface area contributed by atoms with Crippen LogP contribution in [0.4, 0.5) is 0 Å². The van der Waals surface area contributed by atoms with Gasteiger partial charge in [-0.25, -0.2) is 0 Å². The van der Waals surface area contributed by atoms with E-state index in [-0.39, 0.29) is 0 Å². The molecule has 0 radical (unpaired) electrons. The smallest absolute Gasteiger partial charge is 0.0200 e. The predicted molar refractivity (Wildman–Crippen MR) is 54.5 cm³/mol. The van der Waals surface area contributed by atoms with Crippen molar-refractivity contribution in [2.45, 2.75) is 39.5 Å². The molecule has 2 atom stereocenters. The SMILES string of the molecule is C#CCC(CC)CC(C#C)CC. The molecule has 0 aliphatic rings. The third-order valence-electron chi connectivity index (χ3n) is 2.33. The molecule has 0 saturated carbocycles. The van der Waals surface area contributed by atoms with E-state index < -0.39 is 0 Å². The zero-order chi connectivity index (χ0) is 9.40. The summed E-state index contributed by atoms with van der Waals surface area (Å²) in [7, 11) is 0. The highest BCUT2D eigenvalue weighted by molar-refractivity contribution is 4.95. The van der Waals surface area contributed by atoms with E-state index in [1.54, 1.807) is 0 Å². The van der Waals surface area contributed by atoms with Crippen molar-refractivity contribution >= 4 is 0 Å². The van der Waals surface area contributed by atoms with Crippen LogP contribution in [0.25, 0.3) is 0 Å². The standard InChI is InChI=1S/C12H18/c1-5-9-12(8-4)10-11(6-2)7-3/h1-2,11-12H,7-10H2,3-4H3. The van der Waals surface area contributed by atoms with Gasteiger partial charge in [-0.05, 0) is 18.8 Å². The van der Waals surface area contributed by atoms with Crippen molar-refractivity contribution in [3.63, 3.8) is 0 Å². The zero-order valence-corrected chi connectivity index (χ0v) is 8.14. The van der Waals surface area contributed by atoms with Gasteiger partial charge in [0.05, 0.1) is 0 Å². The third-order valence-corrected chi connectivity index (χ3v) is 2.33. The summed E-state index contributed by atoms with van der Waals surface area (Å²) in [5.74, 6) is 6.55. The van der Waals surface area contributed by atoms with Gasteiger partial charge in [-0.1, -0.05) is 20.3 Å². The average Bonchev–Trinajstić information content (AvgIpc) is 2.12. The molecule has 66 valence electrons. The monoisotopic (exact) mass is 162 g/mol. The lowest BCUT2D eigenvalue weighted by atomic mass is 9.89. The first kappa shape index (κ1) is 11.1. The summed E-state index contributed by atoms with van der Waals surface area (Å²) < 4.78 is 0. The Balaban J connectivity index is 3.86. The van der Waals surface area contributed by atoms with Crippen LogP contribution in [0.3, 0.4) is 0 Å². The molecular weight excluding hydrogens is 144 g/mol. The van der Waals surface area contributed by atoms with Gasteiger partial charge >= 0.3 is 0 Å². The van der Waals surface area contributed by atoms with Crippen molar-refractivity contribution < 1.29 is 0 Å². The second-order valence-electron chi connectivity index (χ2n) is 3.19. The van der Waals surface area contributed by atoms with E-state index in [4.69, 9.17) is 12.8 Å². The Bertz CT molecular complexity index is 177. The minimum absolute atomic E-state index is 0.420. The topological polar surface area (TPSA) is 0 Å². The number of rotatable bonds is 5. The van der Waals surface area contributed by atoms with Crippen molar-refractivity contribution in [1.29, 1.82) is 0 Å². The highest BCUT2D eigenvalue weighted by atomic mass is 14.1. The van der Waals surface area contributed by atoms with Crippen LogP contribution < -0.4 is 0 Å². The van der Waals surface area contributed by atoms with Crippen molar-refractivity contribution in [3.05, 3.63) is 0 Å². The molecule has 0 nitrogen and oxygen atoms in total. The molecule has 2 unspecified atom stereocenters. The molecule has 0 aromatic heterocycles. The molecule has 0 aliphatic heterocycles. The first-order valence-electron chi connectivity index (χ1n) is 4.68. The first-order chi connectivity index (χ1) is 5.78. The molecule has 0 aromatic rings. The number of terminal acetylenes is 2. The Hall–Kier alpha value is -0.880. The Morgan fingerprint density at radius 1 is 1.17 bits per heavy atom. The van der Waals surface area contributed by atoms with E-state index in [0.29, 0.717) is 11.8 Å². The summed E-state index contributed by atoms with van der Waals surface area (Å²) in [5.41, 5.74) is 0. The summed E-state index contributed by atoms with van der Waals surface area (Å²) >= 11 is 0. The van der Waals surface area contributed by atoms with E-state index in [0.717, 1.165) is 25.7 Å². The van der Waals surface area contributed by atoms with Crippen molar-refractivity contribution in [2.24, 2.45) is 11.8 Å². The number of hydrogen-bond acceptors (Lipinski definition) is 0. The van der Waals surface area contributed by atoms with Gasteiger partial charge in [-0.3, -0.25) is 0 Å². The van der Waals surface area contributed by atoms with Gasteiger partial charge in [0.1, 0.15) is 0 Å². The third kappa shape index (κ3) is 4.09. The largest absolute Gasteiger partial charge is 0.120 e. The van der Waals surface area contributed by atoms with Crippen LogP contribution in [-0.4, -0.2) is 0 Å². The van der Waals surface area contributed by atoms with E-state index in [2.05, 4.69) is 25.7 Å². The Labute approximate surface area is 76.8 Å².